The van der Waals surface area contributed by atoms with E-state index >= 15 is 0 Å². The van der Waals surface area contributed by atoms with Crippen LogP contribution in [0.1, 0.15) is 38.5 Å². The van der Waals surface area contributed by atoms with Gasteiger partial charge < -0.3 is 14.5 Å². The Hall–Kier alpha value is -1.29. The molecule has 0 amide bonds. The summed E-state index contributed by atoms with van der Waals surface area (Å²) in [5.74, 6) is 0.797. The second kappa shape index (κ2) is 4.53. The Labute approximate surface area is 101 Å². The highest BCUT2D eigenvalue weighted by Gasteiger charge is 2.27. The van der Waals surface area contributed by atoms with Gasteiger partial charge in [0.05, 0.1) is 6.26 Å². The first kappa shape index (κ1) is 12.2. The molecule has 94 valence electrons. The third kappa shape index (κ3) is 3.09. The summed E-state index contributed by atoms with van der Waals surface area (Å²) in [5, 5.41) is 3.21. The minimum absolute atomic E-state index is 0.178. The molecule has 1 unspecified atom stereocenters. The molecule has 2 heterocycles. The van der Waals surface area contributed by atoms with Gasteiger partial charge in [-0.2, -0.15) is 0 Å². The maximum absolute atomic E-state index is 11.9. The number of nitrogens with one attached hydrogen (secondary N) is 1. The van der Waals surface area contributed by atoms with E-state index in [4.69, 9.17) is 9.15 Å². The van der Waals surface area contributed by atoms with E-state index in [-0.39, 0.29) is 12.0 Å². The van der Waals surface area contributed by atoms with Crippen LogP contribution in [-0.4, -0.2) is 17.6 Å². The lowest BCUT2D eigenvalue weighted by Crippen LogP contribution is -2.40. The fourth-order valence-corrected chi connectivity index (χ4v) is 1.93. The van der Waals surface area contributed by atoms with Crippen LogP contribution in [0.25, 0.3) is 0 Å². The van der Waals surface area contributed by atoms with Gasteiger partial charge in [-0.15, -0.1) is 0 Å². The van der Waals surface area contributed by atoms with Gasteiger partial charge in [0.1, 0.15) is 17.4 Å². The van der Waals surface area contributed by atoms with Crippen LogP contribution in [0.3, 0.4) is 0 Å². The van der Waals surface area contributed by atoms with Crippen LogP contribution < -0.4 is 5.32 Å². The van der Waals surface area contributed by atoms with Crippen molar-refractivity contribution in [1.82, 2.24) is 5.32 Å². The molecule has 1 aromatic heterocycles. The second-order valence-electron chi connectivity index (χ2n) is 5.37. The van der Waals surface area contributed by atoms with Gasteiger partial charge in [-0.1, -0.05) is 0 Å². The zero-order valence-electron chi connectivity index (χ0n) is 10.6. The third-order valence-electron chi connectivity index (χ3n) is 2.73. The Kier molecular flexibility index (Phi) is 3.24. The molecule has 0 saturated carbocycles. The number of ether oxygens (including phenoxy) is 1. The summed E-state index contributed by atoms with van der Waals surface area (Å²) in [7, 11) is 0. The number of hydrogen-bond acceptors (Lipinski definition) is 4. The lowest BCUT2D eigenvalue weighted by atomic mass is 10.1. The molecule has 0 aliphatic carbocycles. The summed E-state index contributed by atoms with van der Waals surface area (Å²) in [5.41, 5.74) is 0.702. The maximum atomic E-state index is 11.9. The predicted molar refractivity (Wildman–Crippen MR) is 63.5 cm³/mol. The fraction of sp³-hybridized carbons (Fsp3) is 0.615. The minimum Gasteiger partial charge on any atom is -0.469 e. The van der Waals surface area contributed by atoms with Crippen LogP contribution in [0.2, 0.25) is 0 Å². The van der Waals surface area contributed by atoms with E-state index < -0.39 is 5.60 Å². The Bertz CT molecular complexity index is 381. The van der Waals surface area contributed by atoms with Crippen molar-refractivity contribution in [3.63, 3.8) is 0 Å². The normalized spacial score (nSPS) is 20.5. The van der Waals surface area contributed by atoms with Gasteiger partial charge in [-0.05, 0) is 33.3 Å². The number of hydrogen-bond donors (Lipinski definition) is 1. The largest absolute Gasteiger partial charge is 0.469 e. The van der Waals surface area contributed by atoms with Crippen molar-refractivity contribution in [1.29, 1.82) is 0 Å². The van der Waals surface area contributed by atoms with E-state index in [1.165, 1.54) is 0 Å². The van der Waals surface area contributed by atoms with Crippen molar-refractivity contribution in [3.05, 3.63) is 23.7 Å². The van der Waals surface area contributed by atoms with E-state index in [0.717, 1.165) is 24.2 Å². The quantitative estimate of drug-likeness (QED) is 0.759. The third-order valence-corrected chi connectivity index (χ3v) is 2.73. The van der Waals surface area contributed by atoms with Crippen molar-refractivity contribution in [2.45, 2.75) is 51.8 Å². The number of rotatable bonds is 1. The molecule has 1 atom stereocenters. The molecular formula is C13H19NO3. The number of carbonyl (C=O) groups excluding carboxylic acids is 1. The van der Waals surface area contributed by atoms with E-state index in [0.29, 0.717) is 6.54 Å². The molecule has 0 spiro atoms. The Morgan fingerprint density at radius 3 is 3.00 bits per heavy atom. The highest BCUT2D eigenvalue weighted by Crippen LogP contribution is 2.19. The van der Waals surface area contributed by atoms with Crippen LogP contribution in [0, 0.1) is 0 Å². The molecule has 0 fully saturated rings. The van der Waals surface area contributed by atoms with Crippen molar-refractivity contribution < 1.29 is 13.9 Å². The number of carbonyl (C=O) groups is 1. The molecule has 4 nitrogen and oxygen atoms in total. The van der Waals surface area contributed by atoms with Gasteiger partial charge >= 0.3 is 5.97 Å². The van der Waals surface area contributed by atoms with Gasteiger partial charge in [0, 0.05) is 18.5 Å². The first-order valence-electron chi connectivity index (χ1n) is 5.97. The molecule has 1 aromatic rings. The molecule has 0 radical (unpaired) electrons. The van der Waals surface area contributed by atoms with Crippen molar-refractivity contribution in [3.8, 4) is 0 Å². The van der Waals surface area contributed by atoms with Crippen molar-refractivity contribution >= 4 is 5.97 Å². The molecule has 17 heavy (non-hydrogen) atoms. The predicted octanol–water partition coefficient (Wildman–Crippen LogP) is 2.03. The smallest absolute Gasteiger partial charge is 0.323 e. The Morgan fingerprint density at radius 1 is 1.53 bits per heavy atom. The van der Waals surface area contributed by atoms with E-state index in [9.17, 15) is 4.79 Å². The zero-order chi connectivity index (χ0) is 12.5. The topological polar surface area (TPSA) is 51.5 Å². The van der Waals surface area contributed by atoms with Gasteiger partial charge in [0.15, 0.2) is 0 Å². The van der Waals surface area contributed by atoms with Crippen molar-refractivity contribution in [2.75, 3.05) is 0 Å². The molecule has 0 aromatic carbocycles. The summed E-state index contributed by atoms with van der Waals surface area (Å²) in [6.45, 7) is 6.30. The minimum atomic E-state index is -0.433. The van der Waals surface area contributed by atoms with Gasteiger partial charge in [-0.25, -0.2) is 0 Å². The Balaban J connectivity index is 1.97. The first-order valence-corrected chi connectivity index (χ1v) is 5.97. The van der Waals surface area contributed by atoms with Crippen LogP contribution in [0.15, 0.2) is 16.7 Å². The molecule has 0 saturated heterocycles. The monoisotopic (exact) mass is 237 g/mol. The van der Waals surface area contributed by atoms with Crippen LogP contribution in [0.4, 0.5) is 0 Å². The molecule has 2 rings (SSSR count). The van der Waals surface area contributed by atoms with Crippen LogP contribution >= 0.6 is 0 Å². The standard InChI is InChI=1S/C13H19NO3/c1-13(2,3)17-12(15)10-4-5-11-9(8-14-10)6-7-16-11/h6-7,10,14H,4-5,8H2,1-3H3. The average molecular weight is 237 g/mol. The summed E-state index contributed by atoms with van der Waals surface area (Å²) < 4.78 is 10.7. The number of fused-ring (bicyclic) bond motifs is 1. The van der Waals surface area contributed by atoms with E-state index in [1.807, 2.05) is 26.8 Å². The van der Waals surface area contributed by atoms with Crippen molar-refractivity contribution in [2.24, 2.45) is 0 Å². The molecule has 1 aliphatic heterocycles. The summed E-state index contributed by atoms with van der Waals surface area (Å²) in [6, 6.07) is 1.71. The molecule has 1 N–H and O–H groups in total. The summed E-state index contributed by atoms with van der Waals surface area (Å²) in [6.07, 6.45) is 3.19. The zero-order valence-corrected chi connectivity index (χ0v) is 10.6. The molecule has 0 bridgehead atoms. The number of aryl methyl sites for hydroxylation is 1. The van der Waals surface area contributed by atoms with E-state index in [2.05, 4.69) is 5.32 Å². The lowest BCUT2D eigenvalue weighted by molar-refractivity contribution is -0.157. The molecular weight excluding hydrogens is 218 g/mol. The van der Waals surface area contributed by atoms with Crippen LogP contribution in [0.5, 0.6) is 0 Å². The van der Waals surface area contributed by atoms with Gasteiger partial charge in [0.25, 0.3) is 0 Å². The molecule has 1 aliphatic rings. The fourth-order valence-electron chi connectivity index (χ4n) is 1.93. The summed E-state index contributed by atoms with van der Waals surface area (Å²) in [4.78, 5) is 11.9. The highest BCUT2D eigenvalue weighted by atomic mass is 16.6. The lowest BCUT2D eigenvalue weighted by Gasteiger charge is -2.23. The SMILES string of the molecule is CC(C)(C)OC(=O)C1CCc2occc2CN1. The van der Waals surface area contributed by atoms with E-state index in [1.54, 1.807) is 6.26 Å². The van der Waals surface area contributed by atoms with Gasteiger partial charge in [0.2, 0.25) is 0 Å². The average Bonchev–Trinajstić information content (AvgIpc) is 2.54. The van der Waals surface area contributed by atoms with Crippen LogP contribution in [-0.2, 0) is 22.5 Å². The Morgan fingerprint density at radius 2 is 2.29 bits per heavy atom. The molecule has 4 heteroatoms. The number of furan rings is 1. The van der Waals surface area contributed by atoms with Gasteiger partial charge in [-0.3, -0.25) is 4.79 Å². The number of esters is 1. The maximum Gasteiger partial charge on any atom is 0.323 e. The first-order chi connectivity index (χ1) is 7.96. The highest BCUT2D eigenvalue weighted by molar-refractivity contribution is 5.76. The summed E-state index contributed by atoms with van der Waals surface area (Å²) >= 11 is 0. The second-order valence-corrected chi connectivity index (χ2v) is 5.37.